The number of hydrogen-bond acceptors (Lipinski definition) is 5. The minimum absolute atomic E-state index is 0.284. The maximum Gasteiger partial charge on any atom is 0.138 e. The molecule has 2 heterocycles. The van der Waals surface area contributed by atoms with Crippen molar-refractivity contribution in [1.82, 2.24) is 25.1 Å². The summed E-state index contributed by atoms with van der Waals surface area (Å²) < 4.78 is 1.95. The lowest BCUT2D eigenvalue weighted by Crippen LogP contribution is -2.24. The lowest BCUT2D eigenvalue weighted by atomic mass is 10.1. The predicted molar refractivity (Wildman–Crippen MR) is 72.5 cm³/mol. The average Bonchev–Trinajstić information content (AvgIpc) is 3.04. The summed E-state index contributed by atoms with van der Waals surface area (Å²) in [4.78, 5) is 9.76. The Labute approximate surface area is 111 Å². The molecule has 0 spiro atoms. The topological polar surface area (TPSA) is 55.6 Å². The molecule has 0 radical (unpaired) electrons. The second-order valence-corrected chi connectivity index (χ2v) is 5.02. The molecule has 2 rings (SSSR count). The van der Waals surface area contributed by atoms with E-state index in [1.807, 2.05) is 16.4 Å². The Morgan fingerprint density at radius 3 is 3.00 bits per heavy atom. The molecule has 1 N–H and O–H groups in total. The molecule has 2 aromatic rings. The van der Waals surface area contributed by atoms with Gasteiger partial charge in [0.1, 0.15) is 12.2 Å². The smallest absolute Gasteiger partial charge is 0.138 e. The second kappa shape index (κ2) is 6.61. The van der Waals surface area contributed by atoms with Gasteiger partial charge in [0.05, 0.1) is 11.6 Å². The highest BCUT2D eigenvalue weighted by atomic mass is 32.1. The van der Waals surface area contributed by atoms with Crippen molar-refractivity contribution >= 4 is 11.3 Å². The molecule has 18 heavy (non-hydrogen) atoms. The minimum atomic E-state index is 0.284. The third-order valence-electron chi connectivity index (χ3n) is 2.82. The molecule has 0 fully saturated rings. The monoisotopic (exact) mass is 265 g/mol. The lowest BCUT2D eigenvalue weighted by molar-refractivity contribution is 0.502. The lowest BCUT2D eigenvalue weighted by Gasteiger charge is -2.16. The largest absolute Gasteiger partial charge is 0.309 e. The Balaban J connectivity index is 2.10. The molecule has 0 aliphatic carbocycles. The van der Waals surface area contributed by atoms with Gasteiger partial charge in [-0.15, -0.1) is 11.3 Å². The van der Waals surface area contributed by atoms with E-state index in [1.54, 1.807) is 17.7 Å². The van der Waals surface area contributed by atoms with Gasteiger partial charge in [0.25, 0.3) is 0 Å². The van der Waals surface area contributed by atoms with Crippen LogP contribution in [0.1, 0.15) is 37.0 Å². The van der Waals surface area contributed by atoms with Crippen LogP contribution in [-0.2, 0) is 13.0 Å². The van der Waals surface area contributed by atoms with Crippen LogP contribution in [-0.4, -0.2) is 26.3 Å². The van der Waals surface area contributed by atoms with Gasteiger partial charge in [0.2, 0.25) is 0 Å². The standard InChI is InChI=1S/C12H19N5S/c1-3-5-14-10(11-7-13-9-18-11)6-12-15-8-16-17(12)4-2/h7-10,14H,3-6H2,1-2H3. The van der Waals surface area contributed by atoms with E-state index in [9.17, 15) is 0 Å². The molecule has 2 aromatic heterocycles. The van der Waals surface area contributed by atoms with E-state index in [0.29, 0.717) is 0 Å². The fourth-order valence-electron chi connectivity index (χ4n) is 1.88. The summed E-state index contributed by atoms with van der Waals surface area (Å²) in [6, 6.07) is 0.284. The Kier molecular flexibility index (Phi) is 4.83. The molecule has 1 unspecified atom stereocenters. The Morgan fingerprint density at radius 2 is 2.33 bits per heavy atom. The van der Waals surface area contributed by atoms with E-state index in [1.165, 1.54) is 4.88 Å². The SMILES string of the molecule is CCCNC(Cc1ncnn1CC)c1cncs1. The molecule has 6 heteroatoms. The van der Waals surface area contributed by atoms with Gasteiger partial charge in [-0.1, -0.05) is 6.92 Å². The maximum atomic E-state index is 4.34. The van der Waals surface area contributed by atoms with Crippen LogP contribution in [0.2, 0.25) is 0 Å². The number of aromatic nitrogens is 4. The quantitative estimate of drug-likeness (QED) is 0.832. The van der Waals surface area contributed by atoms with E-state index >= 15 is 0 Å². The highest BCUT2D eigenvalue weighted by Gasteiger charge is 2.16. The van der Waals surface area contributed by atoms with E-state index in [-0.39, 0.29) is 6.04 Å². The molecule has 0 aliphatic heterocycles. The van der Waals surface area contributed by atoms with Gasteiger partial charge in [-0.05, 0) is 19.9 Å². The summed E-state index contributed by atoms with van der Waals surface area (Å²) in [7, 11) is 0. The van der Waals surface area contributed by atoms with Crippen LogP contribution in [0.15, 0.2) is 18.0 Å². The van der Waals surface area contributed by atoms with Crippen molar-refractivity contribution in [3.05, 3.63) is 28.7 Å². The van der Waals surface area contributed by atoms with Gasteiger partial charge in [-0.2, -0.15) is 5.10 Å². The first-order chi connectivity index (χ1) is 8.85. The van der Waals surface area contributed by atoms with Crippen molar-refractivity contribution < 1.29 is 0 Å². The van der Waals surface area contributed by atoms with Crippen LogP contribution >= 0.6 is 11.3 Å². The third-order valence-corrected chi connectivity index (χ3v) is 3.71. The van der Waals surface area contributed by atoms with E-state index in [0.717, 1.165) is 31.8 Å². The number of hydrogen-bond donors (Lipinski definition) is 1. The van der Waals surface area contributed by atoms with Crippen molar-refractivity contribution in [1.29, 1.82) is 0 Å². The Bertz CT molecular complexity index is 451. The van der Waals surface area contributed by atoms with E-state index in [4.69, 9.17) is 0 Å². The van der Waals surface area contributed by atoms with Crippen LogP contribution in [0.25, 0.3) is 0 Å². The molecule has 1 atom stereocenters. The van der Waals surface area contributed by atoms with Crippen molar-refractivity contribution in [3.8, 4) is 0 Å². The van der Waals surface area contributed by atoms with E-state index < -0.39 is 0 Å². The van der Waals surface area contributed by atoms with Crippen molar-refractivity contribution in [2.45, 2.75) is 39.3 Å². The molecule has 98 valence electrons. The van der Waals surface area contributed by atoms with Crippen LogP contribution in [0.5, 0.6) is 0 Å². The number of nitrogens with one attached hydrogen (secondary N) is 1. The molecule has 0 bridgehead atoms. The molecule has 0 amide bonds. The van der Waals surface area contributed by atoms with Crippen LogP contribution in [0.3, 0.4) is 0 Å². The summed E-state index contributed by atoms with van der Waals surface area (Å²) in [5, 5.41) is 7.77. The number of thiazole rings is 1. The molecular formula is C12H19N5S. The first kappa shape index (κ1) is 13.2. The third kappa shape index (κ3) is 3.14. The van der Waals surface area contributed by atoms with Crippen molar-refractivity contribution in [3.63, 3.8) is 0 Å². The number of nitrogens with zero attached hydrogens (tertiary/aromatic N) is 4. The van der Waals surface area contributed by atoms with Crippen molar-refractivity contribution in [2.24, 2.45) is 0 Å². The molecule has 0 saturated heterocycles. The molecule has 0 aromatic carbocycles. The van der Waals surface area contributed by atoms with Gasteiger partial charge < -0.3 is 5.32 Å². The zero-order valence-corrected chi connectivity index (χ0v) is 11.7. The summed E-state index contributed by atoms with van der Waals surface area (Å²) >= 11 is 1.69. The zero-order chi connectivity index (χ0) is 12.8. The Hall–Kier alpha value is -1.27. The number of aryl methyl sites for hydroxylation is 1. The highest BCUT2D eigenvalue weighted by Crippen LogP contribution is 2.20. The molecule has 0 aliphatic rings. The summed E-state index contributed by atoms with van der Waals surface area (Å²) in [5.74, 6) is 1.03. The first-order valence-corrected chi connectivity index (χ1v) is 7.21. The van der Waals surface area contributed by atoms with Gasteiger partial charge in [-0.25, -0.2) is 4.98 Å². The Morgan fingerprint density at radius 1 is 1.44 bits per heavy atom. The first-order valence-electron chi connectivity index (χ1n) is 6.33. The molecular weight excluding hydrogens is 246 g/mol. The molecule has 5 nitrogen and oxygen atoms in total. The minimum Gasteiger partial charge on any atom is -0.309 e. The normalized spacial score (nSPS) is 12.8. The van der Waals surface area contributed by atoms with Crippen LogP contribution in [0, 0.1) is 0 Å². The van der Waals surface area contributed by atoms with Crippen LogP contribution < -0.4 is 5.32 Å². The fraction of sp³-hybridized carbons (Fsp3) is 0.583. The fourth-order valence-corrected chi connectivity index (χ4v) is 2.58. The van der Waals surface area contributed by atoms with Gasteiger partial charge in [-0.3, -0.25) is 9.67 Å². The van der Waals surface area contributed by atoms with Gasteiger partial charge in [0.15, 0.2) is 0 Å². The second-order valence-electron chi connectivity index (χ2n) is 4.11. The van der Waals surface area contributed by atoms with Gasteiger partial charge >= 0.3 is 0 Å². The molecule has 0 saturated carbocycles. The van der Waals surface area contributed by atoms with Gasteiger partial charge in [0, 0.05) is 24.0 Å². The van der Waals surface area contributed by atoms with Crippen molar-refractivity contribution in [2.75, 3.05) is 6.54 Å². The predicted octanol–water partition coefficient (Wildman–Crippen LogP) is 2.04. The number of rotatable bonds is 7. The summed E-state index contributed by atoms with van der Waals surface area (Å²) in [5.41, 5.74) is 1.88. The average molecular weight is 265 g/mol. The maximum absolute atomic E-state index is 4.34. The summed E-state index contributed by atoms with van der Waals surface area (Å²) in [6.45, 7) is 6.12. The van der Waals surface area contributed by atoms with E-state index in [2.05, 4.69) is 34.2 Å². The highest BCUT2D eigenvalue weighted by molar-refractivity contribution is 7.09. The van der Waals surface area contributed by atoms with Crippen LogP contribution in [0.4, 0.5) is 0 Å². The summed E-state index contributed by atoms with van der Waals surface area (Å²) in [6.07, 6.45) is 5.54. The zero-order valence-electron chi connectivity index (χ0n) is 10.8.